The summed E-state index contributed by atoms with van der Waals surface area (Å²) in [6, 6.07) is 13.0. The van der Waals surface area contributed by atoms with Crippen LogP contribution in [-0.2, 0) is 0 Å². The summed E-state index contributed by atoms with van der Waals surface area (Å²) in [4.78, 5) is 14.0. The van der Waals surface area contributed by atoms with Crippen LogP contribution in [0.3, 0.4) is 0 Å². The van der Waals surface area contributed by atoms with E-state index in [1.807, 2.05) is 24.3 Å². The Hall–Kier alpha value is -3.27. The van der Waals surface area contributed by atoms with Gasteiger partial charge >= 0.3 is 6.01 Å². The summed E-state index contributed by atoms with van der Waals surface area (Å²) in [7, 11) is 0. The first-order valence-corrected chi connectivity index (χ1v) is 15.2. The Morgan fingerprint density at radius 1 is 1.10 bits per heavy atom. The minimum Gasteiger partial charge on any atom is -0.508 e. The van der Waals surface area contributed by atoms with E-state index in [1.54, 1.807) is 12.1 Å². The molecule has 4 fully saturated rings. The van der Waals surface area contributed by atoms with Gasteiger partial charge in [-0.3, -0.25) is 4.90 Å². The maximum Gasteiger partial charge on any atom is 0.319 e. The summed E-state index contributed by atoms with van der Waals surface area (Å²) in [5, 5.41) is 16.3. The third-order valence-electron chi connectivity index (χ3n) is 9.81. The summed E-state index contributed by atoms with van der Waals surface area (Å²) in [5.74, 6) is 0.0504. The lowest BCUT2D eigenvalue weighted by Gasteiger charge is -2.37. The molecule has 8 rings (SSSR count). The molecule has 218 valence electrons. The van der Waals surface area contributed by atoms with Crippen molar-refractivity contribution in [3.63, 3.8) is 0 Å². The van der Waals surface area contributed by atoms with Crippen LogP contribution in [0, 0.1) is 5.82 Å². The summed E-state index contributed by atoms with van der Waals surface area (Å²) >= 11 is 6.88. The molecule has 0 amide bonds. The number of nitrogens with one attached hydrogen (secondary N) is 1. The van der Waals surface area contributed by atoms with Crippen molar-refractivity contribution in [1.29, 1.82) is 0 Å². The molecule has 4 aromatic rings. The van der Waals surface area contributed by atoms with Crippen molar-refractivity contribution in [2.45, 2.75) is 55.9 Å². The molecule has 3 aromatic carbocycles. The second kappa shape index (κ2) is 9.89. The van der Waals surface area contributed by atoms with E-state index in [1.165, 1.54) is 6.07 Å². The maximum absolute atomic E-state index is 16.8. The predicted molar refractivity (Wildman–Crippen MR) is 160 cm³/mol. The lowest BCUT2D eigenvalue weighted by Crippen LogP contribution is -2.52. The zero-order valence-corrected chi connectivity index (χ0v) is 23.9. The van der Waals surface area contributed by atoms with Crippen LogP contribution in [0.2, 0.25) is 5.02 Å². The third kappa shape index (κ3) is 4.12. The van der Waals surface area contributed by atoms with Crippen LogP contribution in [0.4, 0.5) is 14.6 Å². The first-order valence-electron chi connectivity index (χ1n) is 14.8. The van der Waals surface area contributed by atoms with Crippen LogP contribution in [0.15, 0.2) is 42.5 Å². The highest BCUT2D eigenvalue weighted by Gasteiger charge is 2.49. The largest absolute Gasteiger partial charge is 0.508 e. The van der Waals surface area contributed by atoms with Gasteiger partial charge in [-0.2, -0.15) is 9.97 Å². The molecule has 4 atom stereocenters. The Morgan fingerprint density at radius 3 is 2.74 bits per heavy atom. The van der Waals surface area contributed by atoms with Crippen LogP contribution in [0.5, 0.6) is 11.8 Å². The molecule has 10 heteroatoms. The fourth-order valence-corrected chi connectivity index (χ4v) is 8.24. The van der Waals surface area contributed by atoms with Crippen molar-refractivity contribution in [3.8, 4) is 22.9 Å². The lowest BCUT2D eigenvalue weighted by atomic mass is 9.95. The third-order valence-corrected chi connectivity index (χ3v) is 10.1. The number of hydrogen-bond acceptors (Lipinski definition) is 7. The average molecular weight is 592 g/mol. The van der Waals surface area contributed by atoms with Gasteiger partial charge in [0.05, 0.1) is 10.6 Å². The number of rotatable bonds is 5. The number of nitrogens with zero attached hydrogens (tertiary/aromatic N) is 4. The number of halogens is 3. The molecule has 4 aliphatic heterocycles. The first-order chi connectivity index (χ1) is 20.4. The molecule has 2 N–H and O–H groups in total. The standard InChI is InChI=1S/C32H32ClF2N5O2/c33-26-12-25-29(28(35)27(26)24-11-22(41)10-18-4-1-2-5-23(18)24)37-31(38-30(25)40-20-6-7-21(40)15-36-14-20)42-17-32-8-3-9-39(32)16-19(34)13-32/h1-2,4-5,10-12,19-21,36,41H,3,6-9,13-17H2/t19-,20?,21?,32+/m0/s1. The van der Waals surface area contributed by atoms with Gasteiger partial charge in [0, 0.05) is 49.1 Å². The Labute approximate surface area is 247 Å². The summed E-state index contributed by atoms with van der Waals surface area (Å²) in [6.45, 7) is 3.17. The second-order valence-corrected chi connectivity index (χ2v) is 12.7. The van der Waals surface area contributed by atoms with Crippen molar-refractivity contribution in [1.82, 2.24) is 20.2 Å². The van der Waals surface area contributed by atoms with Crippen LogP contribution in [0.1, 0.15) is 32.1 Å². The van der Waals surface area contributed by atoms with Gasteiger partial charge < -0.3 is 20.1 Å². The van der Waals surface area contributed by atoms with Crippen LogP contribution in [-0.4, -0.2) is 76.6 Å². The molecule has 0 saturated carbocycles. The molecule has 0 aliphatic carbocycles. The quantitative estimate of drug-likeness (QED) is 0.302. The number of hydrogen-bond donors (Lipinski definition) is 2. The van der Waals surface area contributed by atoms with Gasteiger partial charge in [0.2, 0.25) is 0 Å². The number of ether oxygens (including phenoxy) is 1. The summed E-state index contributed by atoms with van der Waals surface area (Å²) in [6.07, 6.45) is 3.43. The van der Waals surface area contributed by atoms with Gasteiger partial charge in [0.25, 0.3) is 0 Å². The smallest absolute Gasteiger partial charge is 0.319 e. The van der Waals surface area contributed by atoms with Crippen LogP contribution in [0.25, 0.3) is 32.8 Å². The van der Waals surface area contributed by atoms with Gasteiger partial charge in [0.1, 0.15) is 29.9 Å². The number of aromatic nitrogens is 2. The molecule has 2 unspecified atom stereocenters. The van der Waals surface area contributed by atoms with E-state index in [0.717, 1.165) is 56.1 Å². The minimum absolute atomic E-state index is 0.0205. The lowest BCUT2D eigenvalue weighted by molar-refractivity contribution is 0.107. The fourth-order valence-electron chi connectivity index (χ4n) is 7.94. The number of phenols is 1. The summed E-state index contributed by atoms with van der Waals surface area (Å²) in [5.41, 5.74) is 0.401. The van der Waals surface area contributed by atoms with E-state index in [-0.39, 0.29) is 52.1 Å². The van der Waals surface area contributed by atoms with Crippen molar-refractivity contribution in [2.24, 2.45) is 0 Å². The van der Waals surface area contributed by atoms with Crippen molar-refractivity contribution >= 4 is 39.1 Å². The highest BCUT2D eigenvalue weighted by molar-refractivity contribution is 6.35. The Bertz CT molecular complexity index is 1710. The highest BCUT2D eigenvalue weighted by atomic mass is 35.5. The topological polar surface area (TPSA) is 73.8 Å². The highest BCUT2D eigenvalue weighted by Crippen LogP contribution is 2.45. The van der Waals surface area contributed by atoms with E-state index in [0.29, 0.717) is 29.7 Å². The number of fused-ring (bicyclic) bond motifs is 5. The maximum atomic E-state index is 16.8. The van der Waals surface area contributed by atoms with E-state index in [4.69, 9.17) is 21.3 Å². The van der Waals surface area contributed by atoms with Gasteiger partial charge in [-0.15, -0.1) is 0 Å². The van der Waals surface area contributed by atoms with E-state index < -0.39 is 12.0 Å². The first kappa shape index (κ1) is 26.4. The molecule has 7 nitrogen and oxygen atoms in total. The zero-order valence-electron chi connectivity index (χ0n) is 23.1. The van der Waals surface area contributed by atoms with Gasteiger partial charge in [-0.25, -0.2) is 8.78 Å². The molecule has 4 aliphatic rings. The number of anilines is 1. The van der Waals surface area contributed by atoms with Crippen molar-refractivity contribution < 1.29 is 18.6 Å². The zero-order chi connectivity index (χ0) is 28.6. The number of piperazine rings is 1. The molecule has 5 heterocycles. The monoisotopic (exact) mass is 591 g/mol. The summed E-state index contributed by atoms with van der Waals surface area (Å²) < 4.78 is 37.5. The molecule has 2 bridgehead atoms. The SMILES string of the molecule is Oc1cc(-c2c(Cl)cc3c(N4C5CCC4CNC5)nc(OC[C@]45CCCN4C[C@@H](F)C5)nc3c2F)c2ccccc2c1. The van der Waals surface area contributed by atoms with Crippen molar-refractivity contribution in [3.05, 3.63) is 53.3 Å². The molecular weight excluding hydrogens is 560 g/mol. The van der Waals surface area contributed by atoms with E-state index in [9.17, 15) is 9.50 Å². The molecular formula is C32H32ClF2N5O2. The number of benzene rings is 3. The van der Waals surface area contributed by atoms with Gasteiger partial charge in [-0.1, -0.05) is 35.9 Å². The minimum atomic E-state index is -0.877. The second-order valence-electron chi connectivity index (χ2n) is 12.3. The fraction of sp³-hybridized carbons (Fsp3) is 0.438. The molecule has 42 heavy (non-hydrogen) atoms. The number of aromatic hydroxyl groups is 1. The van der Waals surface area contributed by atoms with E-state index in [2.05, 4.69) is 20.1 Å². The molecule has 4 saturated heterocycles. The van der Waals surface area contributed by atoms with Crippen LogP contribution >= 0.6 is 11.6 Å². The Morgan fingerprint density at radius 2 is 1.90 bits per heavy atom. The normalized spacial score (nSPS) is 27.3. The molecule has 1 aromatic heterocycles. The number of alkyl halides is 1. The van der Waals surface area contributed by atoms with Gasteiger partial charge in [-0.05, 0) is 66.8 Å². The van der Waals surface area contributed by atoms with E-state index >= 15 is 4.39 Å². The predicted octanol–water partition coefficient (Wildman–Crippen LogP) is 5.84. The van der Waals surface area contributed by atoms with Crippen molar-refractivity contribution in [2.75, 3.05) is 37.7 Å². The van der Waals surface area contributed by atoms with Gasteiger partial charge in [0.15, 0.2) is 5.82 Å². The average Bonchev–Trinajstić information content (AvgIpc) is 3.58. The molecule has 0 radical (unpaired) electrons. The Kier molecular flexibility index (Phi) is 6.21. The number of phenolic OH excluding ortho intramolecular Hbond substituents is 1. The van der Waals surface area contributed by atoms with Crippen LogP contribution < -0.4 is 15.0 Å². The molecule has 0 spiro atoms. The Balaban J connectivity index is 1.29.